The van der Waals surface area contributed by atoms with Crippen molar-refractivity contribution in [1.82, 2.24) is 10.2 Å². The molecule has 3 atom stereocenters. The second-order valence-corrected chi connectivity index (χ2v) is 5.68. The predicted octanol–water partition coefficient (Wildman–Crippen LogP) is 1.47. The smallest absolute Gasteiger partial charge is 0.0741 e. The lowest BCUT2D eigenvalue weighted by atomic mass is 9.91. The molecule has 0 aromatic carbocycles. The van der Waals surface area contributed by atoms with Gasteiger partial charge < -0.3 is 15.3 Å². The molecule has 0 aliphatic carbocycles. The van der Waals surface area contributed by atoms with Crippen molar-refractivity contribution in [2.45, 2.75) is 51.7 Å². The maximum Gasteiger partial charge on any atom is 0.0741 e. The minimum atomic E-state index is -0.561. The first-order valence-corrected chi connectivity index (χ1v) is 6.59. The highest BCUT2D eigenvalue weighted by molar-refractivity contribution is 4.82. The van der Waals surface area contributed by atoms with E-state index in [1.165, 1.54) is 25.9 Å². The Bertz CT molecular complexity index is 206. The molecule has 1 saturated heterocycles. The quantitative estimate of drug-likeness (QED) is 0.748. The highest BCUT2D eigenvalue weighted by atomic mass is 16.3. The molecule has 0 aromatic rings. The van der Waals surface area contributed by atoms with Gasteiger partial charge in [0.1, 0.15) is 0 Å². The molecule has 3 nitrogen and oxygen atoms in total. The van der Waals surface area contributed by atoms with E-state index in [-0.39, 0.29) is 0 Å². The van der Waals surface area contributed by atoms with Gasteiger partial charge in [0, 0.05) is 19.1 Å². The van der Waals surface area contributed by atoms with Gasteiger partial charge in [0.05, 0.1) is 5.60 Å². The van der Waals surface area contributed by atoms with E-state index in [1.54, 1.807) is 0 Å². The Morgan fingerprint density at radius 3 is 2.81 bits per heavy atom. The molecule has 1 rings (SSSR count). The summed E-state index contributed by atoms with van der Waals surface area (Å²) >= 11 is 0. The number of piperidine rings is 1. The van der Waals surface area contributed by atoms with E-state index in [4.69, 9.17) is 0 Å². The summed E-state index contributed by atoms with van der Waals surface area (Å²) in [5.41, 5.74) is -0.561. The third-order valence-corrected chi connectivity index (χ3v) is 3.93. The van der Waals surface area contributed by atoms with Crippen LogP contribution in [0.4, 0.5) is 0 Å². The SMILES string of the molecule is CCC(C)(O)CNC(C)C1CCCN(C)C1. The van der Waals surface area contributed by atoms with E-state index in [2.05, 4.69) is 24.2 Å². The van der Waals surface area contributed by atoms with Crippen molar-refractivity contribution in [3.63, 3.8) is 0 Å². The molecular formula is C13H28N2O. The van der Waals surface area contributed by atoms with Gasteiger partial charge in [-0.2, -0.15) is 0 Å². The molecule has 16 heavy (non-hydrogen) atoms. The van der Waals surface area contributed by atoms with Crippen LogP contribution in [-0.4, -0.2) is 48.3 Å². The molecule has 3 heteroatoms. The van der Waals surface area contributed by atoms with Crippen LogP contribution in [-0.2, 0) is 0 Å². The zero-order valence-electron chi connectivity index (χ0n) is 11.3. The normalized spacial score (nSPS) is 28.7. The van der Waals surface area contributed by atoms with Crippen molar-refractivity contribution < 1.29 is 5.11 Å². The van der Waals surface area contributed by atoms with E-state index in [9.17, 15) is 5.11 Å². The molecule has 0 aromatic heterocycles. The van der Waals surface area contributed by atoms with Crippen molar-refractivity contribution in [2.24, 2.45) is 5.92 Å². The summed E-state index contributed by atoms with van der Waals surface area (Å²) in [6, 6.07) is 0.501. The van der Waals surface area contributed by atoms with Gasteiger partial charge in [0.25, 0.3) is 0 Å². The van der Waals surface area contributed by atoms with Gasteiger partial charge >= 0.3 is 0 Å². The van der Waals surface area contributed by atoms with E-state index in [0.29, 0.717) is 12.6 Å². The van der Waals surface area contributed by atoms with Crippen LogP contribution in [0.3, 0.4) is 0 Å². The molecule has 96 valence electrons. The Balaban J connectivity index is 2.31. The minimum Gasteiger partial charge on any atom is -0.389 e. The zero-order chi connectivity index (χ0) is 12.2. The first-order chi connectivity index (χ1) is 7.44. The van der Waals surface area contributed by atoms with Gasteiger partial charge in [0.2, 0.25) is 0 Å². The van der Waals surface area contributed by atoms with Crippen LogP contribution in [0, 0.1) is 5.92 Å². The highest BCUT2D eigenvalue weighted by Gasteiger charge is 2.25. The van der Waals surface area contributed by atoms with Crippen LogP contribution in [0.25, 0.3) is 0 Å². The lowest BCUT2D eigenvalue weighted by molar-refractivity contribution is 0.0487. The van der Waals surface area contributed by atoms with Crippen LogP contribution < -0.4 is 5.32 Å². The molecule has 1 fully saturated rings. The topological polar surface area (TPSA) is 35.5 Å². The van der Waals surface area contributed by atoms with Crippen molar-refractivity contribution in [2.75, 3.05) is 26.7 Å². The third kappa shape index (κ3) is 4.40. The van der Waals surface area contributed by atoms with Crippen LogP contribution >= 0.6 is 0 Å². The van der Waals surface area contributed by atoms with Crippen LogP contribution in [0.5, 0.6) is 0 Å². The fourth-order valence-corrected chi connectivity index (χ4v) is 2.29. The lowest BCUT2D eigenvalue weighted by Crippen LogP contribution is -2.47. The van der Waals surface area contributed by atoms with Crippen LogP contribution in [0.1, 0.15) is 40.0 Å². The van der Waals surface area contributed by atoms with Gasteiger partial charge in [-0.3, -0.25) is 0 Å². The summed E-state index contributed by atoms with van der Waals surface area (Å²) in [5, 5.41) is 13.4. The van der Waals surface area contributed by atoms with E-state index in [0.717, 1.165) is 12.3 Å². The Hall–Kier alpha value is -0.120. The Morgan fingerprint density at radius 2 is 2.25 bits per heavy atom. The molecule has 0 saturated carbocycles. The van der Waals surface area contributed by atoms with Gasteiger partial charge in [-0.1, -0.05) is 6.92 Å². The number of hydrogen-bond donors (Lipinski definition) is 2. The molecule has 1 heterocycles. The molecule has 0 radical (unpaired) electrons. The van der Waals surface area contributed by atoms with Gasteiger partial charge in [0.15, 0.2) is 0 Å². The molecule has 1 aliphatic rings. The molecule has 2 N–H and O–H groups in total. The minimum absolute atomic E-state index is 0.501. The van der Waals surface area contributed by atoms with Crippen molar-refractivity contribution >= 4 is 0 Å². The number of nitrogens with zero attached hydrogens (tertiary/aromatic N) is 1. The monoisotopic (exact) mass is 228 g/mol. The van der Waals surface area contributed by atoms with E-state index >= 15 is 0 Å². The van der Waals surface area contributed by atoms with Gasteiger partial charge in [-0.05, 0) is 52.6 Å². The van der Waals surface area contributed by atoms with E-state index in [1.807, 2.05) is 13.8 Å². The summed E-state index contributed by atoms with van der Waals surface area (Å²) in [7, 11) is 2.20. The van der Waals surface area contributed by atoms with Crippen LogP contribution in [0.15, 0.2) is 0 Å². The van der Waals surface area contributed by atoms with Crippen molar-refractivity contribution in [3.05, 3.63) is 0 Å². The summed E-state index contributed by atoms with van der Waals surface area (Å²) in [6.07, 6.45) is 3.42. The number of aliphatic hydroxyl groups is 1. The first kappa shape index (κ1) is 13.9. The first-order valence-electron chi connectivity index (χ1n) is 6.59. The molecule has 0 amide bonds. The van der Waals surface area contributed by atoms with Gasteiger partial charge in [-0.15, -0.1) is 0 Å². The average Bonchev–Trinajstić information content (AvgIpc) is 2.26. The highest BCUT2D eigenvalue weighted by Crippen LogP contribution is 2.19. The molecule has 1 aliphatic heterocycles. The fourth-order valence-electron chi connectivity index (χ4n) is 2.29. The standard InChI is InChI=1S/C13H28N2O/c1-5-13(3,16)10-14-11(2)12-7-6-8-15(4)9-12/h11-12,14,16H,5-10H2,1-4H3. The van der Waals surface area contributed by atoms with Gasteiger partial charge in [-0.25, -0.2) is 0 Å². The molecule has 3 unspecified atom stereocenters. The summed E-state index contributed by atoms with van der Waals surface area (Å²) in [5.74, 6) is 0.728. The number of nitrogens with one attached hydrogen (secondary N) is 1. The lowest BCUT2D eigenvalue weighted by Gasteiger charge is -2.35. The number of likely N-dealkylation sites (tertiary alicyclic amines) is 1. The number of hydrogen-bond acceptors (Lipinski definition) is 3. The third-order valence-electron chi connectivity index (χ3n) is 3.93. The van der Waals surface area contributed by atoms with Crippen LogP contribution in [0.2, 0.25) is 0 Å². The summed E-state index contributed by atoms with van der Waals surface area (Å²) in [6.45, 7) is 9.29. The second kappa shape index (κ2) is 5.99. The molecule has 0 bridgehead atoms. The average molecular weight is 228 g/mol. The maximum atomic E-state index is 9.95. The fraction of sp³-hybridized carbons (Fsp3) is 1.00. The Labute approximate surface area is 100 Å². The van der Waals surface area contributed by atoms with Crippen molar-refractivity contribution in [3.8, 4) is 0 Å². The molecule has 0 spiro atoms. The maximum absolute atomic E-state index is 9.95. The zero-order valence-corrected chi connectivity index (χ0v) is 11.3. The summed E-state index contributed by atoms with van der Waals surface area (Å²) in [4.78, 5) is 2.41. The Morgan fingerprint density at radius 1 is 1.56 bits per heavy atom. The Kier molecular flexibility index (Phi) is 5.22. The predicted molar refractivity (Wildman–Crippen MR) is 68.6 cm³/mol. The second-order valence-electron chi connectivity index (χ2n) is 5.68. The number of rotatable bonds is 5. The summed E-state index contributed by atoms with van der Waals surface area (Å²) < 4.78 is 0. The molecular weight excluding hydrogens is 200 g/mol. The largest absolute Gasteiger partial charge is 0.389 e. The van der Waals surface area contributed by atoms with E-state index < -0.39 is 5.60 Å². The van der Waals surface area contributed by atoms with Crippen molar-refractivity contribution in [1.29, 1.82) is 0 Å².